The van der Waals surface area contributed by atoms with Crippen LogP contribution in [-0.2, 0) is 24.2 Å². The Morgan fingerprint density at radius 2 is 1.14 bits per heavy atom. The van der Waals surface area contributed by atoms with E-state index in [4.69, 9.17) is 10.5 Å². The summed E-state index contributed by atoms with van der Waals surface area (Å²) in [6, 6.07) is 32.0. The molecule has 0 heterocycles. The van der Waals surface area contributed by atoms with Crippen molar-refractivity contribution in [3.63, 3.8) is 0 Å². The van der Waals surface area contributed by atoms with Gasteiger partial charge in [-0.3, -0.25) is 4.90 Å². The second-order valence-corrected chi connectivity index (χ2v) is 7.14. The minimum atomic E-state index is -0.0346. The van der Waals surface area contributed by atoms with E-state index in [1.807, 2.05) is 0 Å². The molecule has 3 nitrogen and oxygen atoms in total. The summed E-state index contributed by atoms with van der Waals surface area (Å²) < 4.78 is 5.82. The predicted molar refractivity (Wildman–Crippen MR) is 116 cm³/mol. The molecule has 0 aliphatic rings. The van der Waals surface area contributed by atoms with Crippen molar-refractivity contribution >= 4 is 0 Å². The van der Waals surface area contributed by atoms with E-state index in [0.29, 0.717) is 6.54 Å². The molecule has 0 fully saturated rings. The quantitative estimate of drug-likeness (QED) is 0.576. The Morgan fingerprint density at radius 3 is 1.54 bits per heavy atom. The van der Waals surface area contributed by atoms with Crippen molar-refractivity contribution in [3.05, 3.63) is 108 Å². The zero-order chi connectivity index (χ0) is 19.6. The maximum atomic E-state index is 6.11. The summed E-state index contributed by atoms with van der Waals surface area (Å²) in [6.45, 7) is 2.20. The van der Waals surface area contributed by atoms with Gasteiger partial charge in [-0.15, -0.1) is 0 Å². The van der Waals surface area contributed by atoms with Crippen LogP contribution < -0.4 is 5.73 Å². The molecular formula is C25H30N2O. The van der Waals surface area contributed by atoms with Gasteiger partial charge in [0.2, 0.25) is 0 Å². The fraction of sp³-hybridized carbons (Fsp3) is 0.280. The maximum absolute atomic E-state index is 6.11. The van der Waals surface area contributed by atoms with Crippen molar-refractivity contribution in [2.45, 2.75) is 31.7 Å². The van der Waals surface area contributed by atoms with E-state index < -0.39 is 0 Å². The Morgan fingerprint density at radius 1 is 0.714 bits per heavy atom. The molecule has 0 radical (unpaired) electrons. The summed E-state index contributed by atoms with van der Waals surface area (Å²) in [5.74, 6) is 0. The molecule has 3 rings (SSSR count). The average molecular weight is 375 g/mol. The number of benzene rings is 3. The first-order valence-corrected chi connectivity index (χ1v) is 9.89. The number of methoxy groups -OCH3 is 1. The van der Waals surface area contributed by atoms with E-state index in [1.54, 1.807) is 7.11 Å². The van der Waals surface area contributed by atoms with Gasteiger partial charge in [-0.25, -0.2) is 0 Å². The zero-order valence-electron chi connectivity index (χ0n) is 16.6. The van der Waals surface area contributed by atoms with Crippen LogP contribution in [-0.4, -0.2) is 30.7 Å². The lowest BCUT2D eigenvalue weighted by Crippen LogP contribution is -2.48. The van der Waals surface area contributed by atoms with Crippen molar-refractivity contribution in [1.29, 1.82) is 0 Å². The summed E-state index contributed by atoms with van der Waals surface area (Å²) in [6.07, 6.45) is 0.864. The fourth-order valence-corrected chi connectivity index (χ4v) is 3.69. The standard InChI is InChI=1S/C25H30N2O/c1-28-25(18-26)24(17-21-11-5-2-6-12-21)27(19-22-13-7-3-8-14-22)20-23-15-9-4-10-16-23/h2-16,24-25H,17-20,26H2,1H3/t24-,25?/m0/s1. The summed E-state index contributed by atoms with van der Waals surface area (Å²) in [5.41, 5.74) is 10.0. The van der Waals surface area contributed by atoms with Crippen LogP contribution in [0, 0.1) is 0 Å². The molecule has 3 heteroatoms. The molecule has 0 spiro atoms. The largest absolute Gasteiger partial charge is 0.378 e. The summed E-state index contributed by atoms with van der Waals surface area (Å²) >= 11 is 0. The third-order valence-electron chi connectivity index (χ3n) is 5.18. The minimum absolute atomic E-state index is 0.0346. The molecule has 2 atom stereocenters. The molecule has 0 saturated carbocycles. The number of hydrogen-bond donors (Lipinski definition) is 1. The molecular weight excluding hydrogens is 344 g/mol. The first kappa shape index (κ1) is 20.3. The van der Waals surface area contributed by atoms with Gasteiger partial charge in [0, 0.05) is 32.8 Å². The van der Waals surface area contributed by atoms with Crippen LogP contribution in [0.15, 0.2) is 91.0 Å². The van der Waals surface area contributed by atoms with E-state index in [1.165, 1.54) is 16.7 Å². The molecule has 146 valence electrons. The van der Waals surface area contributed by atoms with Crippen LogP contribution in [0.25, 0.3) is 0 Å². The van der Waals surface area contributed by atoms with Crippen LogP contribution in [0.1, 0.15) is 16.7 Å². The highest BCUT2D eigenvalue weighted by Crippen LogP contribution is 2.20. The Labute approximate surface area is 168 Å². The Bertz CT molecular complexity index is 747. The minimum Gasteiger partial charge on any atom is -0.378 e. The number of ether oxygens (including phenoxy) is 1. The van der Waals surface area contributed by atoms with Crippen molar-refractivity contribution in [3.8, 4) is 0 Å². The normalized spacial score (nSPS) is 13.4. The van der Waals surface area contributed by atoms with Crippen LogP contribution in [0.4, 0.5) is 0 Å². The van der Waals surface area contributed by atoms with Crippen LogP contribution in [0.3, 0.4) is 0 Å². The zero-order valence-corrected chi connectivity index (χ0v) is 16.6. The van der Waals surface area contributed by atoms with Crippen molar-refractivity contribution in [2.24, 2.45) is 5.73 Å². The number of hydrogen-bond acceptors (Lipinski definition) is 3. The molecule has 3 aromatic rings. The van der Waals surface area contributed by atoms with E-state index in [-0.39, 0.29) is 12.1 Å². The second kappa shape index (κ2) is 10.8. The predicted octanol–water partition coefficient (Wildman–Crippen LogP) is 4.27. The maximum Gasteiger partial charge on any atom is 0.0851 e. The highest BCUT2D eigenvalue weighted by Gasteiger charge is 2.27. The first-order valence-electron chi connectivity index (χ1n) is 9.89. The van der Waals surface area contributed by atoms with Crippen LogP contribution >= 0.6 is 0 Å². The second-order valence-electron chi connectivity index (χ2n) is 7.14. The molecule has 2 N–H and O–H groups in total. The number of nitrogens with zero attached hydrogens (tertiary/aromatic N) is 1. The first-order chi connectivity index (χ1) is 13.8. The molecule has 1 unspecified atom stereocenters. The van der Waals surface area contributed by atoms with Crippen LogP contribution in [0.5, 0.6) is 0 Å². The molecule has 0 bridgehead atoms. The SMILES string of the molecule is COC(CN)[C@H](Cc1ccccc1)N(Cc1ccccc1)Cc1ccccc1. The molecule has 0 saturated heterocycles. The van der Waals surface area contributed by atoms with Crippen molar-refractivity contribution in [1.82, 2.24) is 4.90 Å². The molecule has 0 amide bonds. The number of nitrogens with two attached hydrogens (primary N) is 1. The van der Waals surface area contributed by atoms with Gasteiger partial charge in [-0.1, -0.05) is 91.0 Å². The Kier molecular flexibility index (Phi) is 7.80. The Balaban J connectivity index is 1.91. The average Bonchev–Trinajstić information content (AvgIpc) is 2.76. The topological polar surface area (TPSA) is 38.5 Å². The van der Waals surface area contributed by atoms with Gasteiger partial charge in [0.25, 0.3) is 0 Å². The van der Waals surface area contributed by atoms with E-state index in [2.05, 4.69) is 95.9 Å². The Hall–Kier alpha value is -2.46. The molecule has 0 aromatic heterocycles. The van der Waals surface area contributed by atoms with Gasteiger partial charge in [0.1, 0.15) is 0 Å². The molecule has 0 aliphatic carbocycles. The monoisotopic (exact) mass is 374 g/mol. The lowest BCUT2D eigenvalue weighted by molar-refractivity contribution is 0.0119. The van der Waals surface area contributed by atoms with Gasteiger partial charge in [-0.05, 0) is 23.1 Å². The van der Waals surface area contributed by atoms with E-state index in [0.717, 1.165) is 19.5 Å². The van der Waals surface area contributed by atoms with Crippen LogP contribution in [0.2, 0.25) is 0 Å². The number of rotatable bonds is 10. The van der Waals surface area contributed by atoms with Gasteiger partial charge in [0.05, 0.1) is 6.10 Å². The molecule has 28 heavy (non-hydrogen) atoms. The third kappa shape index (κ3) is 5.77. The van der Waals surface area contributed by atoms with Gasteiger partial charge < -0.3 is 10.5 Å². The lowest BCUT2D eigenvalue weighted by atomic mass is 9.98. The van der Waals surface area contributed by atoms with Gasteiger partial charge in [-0.2, -0.15) is 0 Å². The van der Waals surface area contributed by atoms with Crippen molar-refractivity contribution in [2.75, 3.05) is 13.7 Å². The smallest absolute Gasteiger partial charge is 0.0851 e. The molecule has 3 aromatic carbocycles. The summed E-state index contributed by atoms with van der Waals surface area (Å²) in [5, 5.41) is 0. The van der Waals surface area contributed by atoms with Gasteiger partial charge >= 0.3 is 0 Å². The lowest BCUT2D eigenvalue weighted by Gasteiger charge is -2.36. The van der Waals surface area contributed by atoms with Crippen molar-refractivity contribution < 1.29 is 4.74 Å². The fourth-order valence-electron chi connectivity index (χ4n) is 3.69. The third-order valence-corrected chi connectivity index (χ3v) is 5.18. The molecule has 0 aliphatic heterocycles. The van der Waals surface area contributed by atoms with E-state index in [9.17, 15) is 0 Å². The summed E-state index contributed by atoms with van der Waals surface area (Å²) in [4.78, 5) is 2.50. The summed E-state index contributed by atoms with van der Waals surface area (Å²) in [7, 11) is 1.76. The van der Waals surface area contributed by atoms with E-state index >= 15 is 0 Å². The highest BCUT2D eigenvalue weighted by atomic mass is 16.5. The van der Waals surface area contributed by atoms with Gasteiger partial charge in [0.15, 0.2) is 0 Å². The highest BCUT2D eigenvalue weighted by molar-refractivity contribution is 5.20.